The van der Waals surface area contributed by atoms with E-state index < -0.39 is 0 Å². The molecule has 5 aromatic rings. The molecule has 2 heterocycles. The number of amides is 1. The van der Waals surface area contributed by atoms with Gasteiger partial charge in [-0.2, -0.15) is 0 Å². The Bertz CT molecular complexity index is 1240. The number of thiazole rings is 1. The maximum atomic E-state index is 13.1. The first-order chi connectivity index (χ1) is 15.3. The van der Waals surface area contributed by atoms with Crippen molar-refractivity contribution in [1.29, 1.82) is 0 Å². The highest BCUT2D eigenvalue weighted by atomic mass is 32.1. The van der Waals surface area contributed by atoms with Gasteiger partial charge in [0.2, 0.25) is 5.91 Å². The highest BCUT2D eigenvalue weighted by molar-refractivity contribution is 7.22. The molecular weight excluding hydrogens is 420 g/mol. The van der Waals surface area contributed by atoms with Crippen molar-refractivity contribution < 1.29 is 4.79 Å². The van der Waals surface area contributed by atoms with E-state index in [-0.39, 0.29) is 11.8 Å². The minimum atomic E-state index is 0.00233. The van der Waals surface area contributed by atoms with Crippen LogP contribution in [-0.4, -0.2) is 10.9 Å². The summed E-state index contributed by atoms with van der Waals surface area (Å²) < 4.78 is 1.15. The molecule has 0 aliphatic carbocycles. The Hall–Kier alpha value is -3.28. The number of rotatable bonds is 6. The van der Waals surface area contributed by atoms with Gasteiger partial charge in [0.1, 0.15) is 10.0 Å². The molecule has 0 saturated carbocycles. The average Bonchev–Trinajstić information content (AvgIpc) is 3.45. The molecule has 2 aromatic heterocycles. The van der Waals surface area contributed by atoms with Crippen LogP contribution in [0.25, 0.3) is 20.8 Å². The molecule has 0 atom stereocenters. The minimum Gasteiger partial charge on any atom is -0.317 e. The van der Waals surface area contributed by atoms with Crippen LogP contribution >= 0.6 is 22.7 Å². The van der Waals surface area contributed by atoms with Crippen molar-refractivity contribution in [2.24, 2.45) is 0 Å². The first-order valence-corrected chi connectivity index (χ1v) is 11.8. The van der Waals surface area contributed by atoms with Gasteiger partial charge >= 0.3 is 0 Å². The molecule has 0 saturated heterocycles. The fourth-order valence-corrected chi connectivity index (χ4v) is 5.59. The predicted molar refractivity (Wildman–Crippen MR) is 131 cm³/mol. The van der Waals surface area contributed by atoms with E-state index in [1.54, 1.807) is 11.3 Å². The molecule has 1 amide bonds. The van der Waals surface area contributed by atoms with Gasteiger partial charge in [0.25, 0.3) is 0 Å². The summed E-state index contributed by atoms with van der Waals surface area (Å²) in [4.78, 5) is 17.9. The van der Waals surface area contributed by atoms with E-state index >= 15 is 0 Å². The number of fused-ring (bicyclic) bond motifs is 1. The Morgan fingerprint density at radius 2 is 1.48 bits per heavy atom. The zero-order valence-corrected chi connectivity index (χ0v) is 18.3. The summed E-state index contributed by atoms with van der Waals surface area (Å²) in [5.41, 5.74) is 4.25. The van der Waals surface area contributed by atoms with Crippen LogP contribution in [0.4, 0.5) is 5.00 Å². The summed E-state index contributed by atoms with van der Waals surface area (Å²) in [6.45, 7) is 0. The Labute approximate surface area is 189 Å². The molecule has 0 radical (unpaired) electrons. The number of thiophene rings is 1. The number of para-hydroxylation sites is 1. The third-order valence-corrected chi connectivity index (χ3v) is 7.14. The second-order valence-corrected chi connectivity index (χ2v) is 9.22. The van der Waals surface area contributed by atoms with Gasteiger partial charge in [-0.15, -0.1) is 22.7 Å². The quantitative estimate of drug-likeness (QED) is 0.304. The lowest BCUT2D eigenvalue weighted by Gasteiger charge is -2.18. The van der Waals surface area contributed by atoms with Crippen LogP contribution < -0.4 is 5.32 Å². The van der Waals surface area contributed by atoms with Crippen LogP contribution in [0.15, 0.2) is 96.4 Å². The summed E-state index contributed by atoms with van der Waals surface area (Å²) in [6.07, 6.45) is 0.380. The number of nitrogens with zero attached hydrogens (tertiary/aromatic N) is 1. The van der Waals surface area contributed by atoms with Crippen molar-refractivity contribution in [2.45, 2.75) is 12.3 Å². The zero-order chi connectivity index (χ0) is 21.0. The summed E-state index contributed by atoms with van der Waals surface area (Å²) in [5, 5.41) is 6.93. The molecule has 0 spiro atoms. The molecule has 0 unspecified atom stereocenters. The number of hydrogen-bond donors (Lipinski definition) is 1. The van der Waals surface area contributed by atoms with Crippen molar-refractivity contribution in [2.75, 3.05) is 5.32 Å². The molecule has 31 heavy (non-hydrogen) atoms. The monoisotopic (exact) mass is 440 g/mol. The second-order valence-electron chi connectivity index (χ2n) is 7.28. The number of carbonyl (C=O) groups is 1. The maximum Gasteiger partial charge on any atom is 0.225 e. The molecule has 0 bridgehead atoms. The summed E-state index contributed by atoms with van der Waals surface area (Å²) in [7, 11) is 0. The van der Waals surface area contributed by atoms with Gasteiger partial charge in [-0.05, 0) is 34.7 Å². The van der Waals surface area contributed by atoms with Gasteiger partial charge in [0.15, 0.2) is 0 Å². The van der Waals surface area contributed by atoms with Gasteiger partial charge in [-0.3, -0.25) is 4.79 Å². The standard InChI is InChI=1S/C26H20N2OS2/c29-24(17-21(18-9-3-1-4-10-18)19-11-5-2-6-12-19)28-25-20(15-16-30-25)26-27-22-13-7-8-14-23(22)31-26/h1-16,21H,17H2,(H,28,29). The van der Waals surface area contributed by atoms with Crippen LogP contribution in [0.5, 0.6) is 0 Å². The highest BCUT2D eigenvalue weighted by Gasteiger charge is 2.20. The van der Waals surface area contributed by atoms with Crippen molar-refractivity contribution in [3.8, 4) is 10.6 Å². The van der Waals surface area contributed by atoms with Crippen LogP contribution in [0, 0.1) is 0 Å². The van der Waals surface area contributed by atoms with Crippen molar-refractivity contribution in [3.63, 3.8) is 0 Å². The molecule has 3 nitrogen and oxygen atoms in total. The molecule has 3 aromatic carbocycles. The maximum absolute atomic E-state index is 13.1. The fraction of sp³-hybridized carbons (Fsp3) is 0.0769. The molecule has 1 N–H and O–H groups in total. The fourth-order valence-electron chi connectivity index (χ4n) is 3.72. The highest BCUT2D eigenvalue weighted by Crippen LogP contribution is 2.38. The molecule has 152 valence electrons. The second kappa shape index (κ2) is 8.84. The van der Waals surface area contributed by atoms with E-state index in [9.17, 15) is 4.79 Å². The number of hydrogen-bond acceptors (Lipinski definition) is 4. The number of anilines is 1. The lowest BCUT2D eigenvalue weighted by molar-refractivity contribution is -0.116. The Kier molecular flexibility index (Phi) is 5.61. The Morgan fingerprint density at radius 3 is 2.16 bits per heavy atom. The van der Waals surface area contributed by atoms with Crippen molar-refractivity contribution >= 4 is 43.8 Å². The van der Waals surface area contributed by atoms with Crippen LogP contribution in [0.1, 0.15) is 23.5 Å². The number of carbonyl (C=O) groups excluding carboxylic acids is 1. The first-order valence-electron chi connectivity index (χ1n) is 10.1. The SMILES string of the molecule is O=C(CC(c1ccccc1)c1ccccc1)Nc1sccc1-c1nc2ccccc2s1. The van der Waals surface area contributed by atoms with Crippen LogP contribution in [-0.2, 0) is 4.79 Å². The summed E-state index contributed by atoms with van der Waals surface area (Å²) in [5.74, 6) is 0.00998. The third-order valence-electron chi connectivity index (χ3n) is 5.24. The average molecular weight is 441 g/mol. The van der Waals surface area contributed by atoms with Gasteiger partial charge < -0.3 is 5.32 Å². The van der Waals surface area contributed by atoms with Gasteiger partial charge in [0, 0.05) is 17.9 Å². The summed E-state index contributed by atoms with van der Waals surface area (Å²) >= 11 is 3.18. The Morgan fingerprint density at radius 1 is 0.839 bits per heavy atom. The molecule has 0 fully saturated rings. The van der Waals surface area contributed by atoms with E-state index in [1.807, 2.05) is 66.0 Å². The Balaban J connectivity index is 1.39. The van der Waals surface area contributed by atoms with Crippen molar-refractivity contribution in [3.05, 3.63) is 108 Å². The molecule has 5 rings (SSSR count). The molecular formula is C26H20N2OS2. The van der Waals surface area contributed by atoms with Gasteiger partial charge in [-0.25, -0.2) is 4.98 Å². The van der Waals surface area contributed by atoms with Crippen molar-refractivity contribution in [1.82, 2.24) is 4.98 Å². The zero-order valence-electron chi connectivity index (χ0n) is 16.7. The van der Waals surface area contributed by atoms with E-state index in [2.05, 4.69) is 35.6 Å². The van der Waals surface area contributed by atoms with E-state index in [0.717, 1.165) is 36.9 Å². The largest absolute Gasteiger partial charge is 0.317 e. The minimum absolute atomic E-state index is 0.00233. The smallest absolute Gasteiger partial charge is 0.225 e. The van der Waals surface area contributed by atoms with Gasteiger partial charge in [0.05, 0.1) is 10.2 Å². The third kappa shape index (κ3) is 4.29. The lowest BCUT2D eigenvalue weighted by atomic mass is 9.88. The van der Waals surface area contributed by atoms with E-state index in [4.69, 9.17) is 4.98 Å². The number of benzene rings is 3. The van der Waals surface area contributed by atoms with E-state index in [1.165, 1.54) is 11.3 Å². The molecule has 0 aliphatic rings. The summed E-state index contributed by atoms with van der Waals surface area (Å²) in [6, 6.07) is 30.6. The number of aromatic nitrogens is 1. The molecule has 0 aliphatic heterocycles. The van der Waals surface area contributed by atoms with Gasteiger partial charge in [-0.1, -0.05) is 72.8 Å². The lowest BCUT2D eigenvalue weighted by Crippen LogP contribution is -2.16. The molecule has 5 heteroatoms. The first kappa shape index (κ1) is 19.7. The van der Waals surface area contributed by atoms with E-state index in [0.29, 0.717) is 6.42 Å². The van der Waals surface area contributed by atoms with Crippen LogP contribution in [0.2, 0.25) is 0 Å². The normalized spacial score (nSPS) is 11.1. The van der Waals surface area contributed by atoms with Crippen LogP contribution in [0.3, 0.4) is 0 Å². The number of nitrogens with one attached hydrogen (secondary N) is 1. The topological polar surface area (TPSA) is 42.0 Å². The predicted octanol–water partition coefficient (Wildman–Crippen LogP) is 7.19.